The van der Waals surface area contributed by atoms with Crippen LogP contribution in [0.1, 0.15) is 84.1 Å². The van der Waals surface area contributed by atoms with E-state index in [1.807, 2.05) is 0 Å². The highest BCUT2D eigenvalue weighted by Crippen LogP contribution is 2.49. The first-order chi connectivity index (χ1) is 19.4. The molecule has 0 aliphatic rings. The first kappa shape index (κ1) is 28.9. The lowest BCUT2D eigenvalue weighted by Crippen LogP contribution is -2.14. The van der Waals surface area contributed by atoms with E-state index < -0.39 is 0 Å². The maximum atomic E-state index is 2.52. The van der Waals surface area contributed by atoms with Gasteiger partial charge >= 0.3 is 0 Å². The molecule has 0 atom stereocenters. The Balaban J connectivity index is 0.00000108. The third-order valence-corrected chi connectivity index (χ3v) is 8.33. The number of aryl methyl sites for hydroxylation is 2. The molecule has 0 aromatic heterocycles. The van der Waals surface area contributed by atoms with Gasteiger partial charge in [-0.3, -0.25) is 0 Å². The molecule has 41 heavy (non-hydrogen) atoms. The number of hydrogen-bond donors (Lipinski definition) is 0. The van der Waals surface area contributed by atoms with E-state index in [9.17, 15) is 0 Å². The molecule has 0 N–H and O–H groups in total. The second kappa shape index (κ2) is 10.6. The molecule has 0 bridgehead atoms. The maximum Gasteiger partial charge on any atom is -0.00170 e. The van der Waals surface area contributed by atoms with Crippen LogP contribution in [0.15, 0.2) is 84.9 Å². The van der Waals surface area contributed by atoms with Gasteiger partial charge in [-0.1, -0.05) is 135 Å². The summed E-state index contributed by atoms with van der Waals surface area (Å²) in [5, 5.41) is 8.34. The van der Waals surface area contributed by atoms with Crippen LogP contribution >= 0.6 is 0 Å². The van der Waals surface area contributed by atoms with Gasteiger partial charge in [0.15, 0.2) is 0 Å². The minimum atomic E-state index is 0.0139. The van der Waals surface area contributed by atoms with E-state index in [1.54, 1.807) is 0 Å². The van der Waals surface area contributed by atoms with Crippen LogP contribution in [0, 0.1) is 13.8 Å². The molecular weight excluding hydrogens is 492 g/mol. The molecule has 210 valence electrons. The molecule has 0 spiro atoms. The van der Waals surface area contributed by atoms with Crippen LogP contribution in [0.5, 0.6) is 0 Å². The molecule has 0 radical (unpaired) electrons. The Morgan fingerprint density at radius 2 is 1.02 bits per heavy atom. The van der Waals surface area contributed by atoms with Gasteiger partial charge in [0.25, 0.3) is 0 Å². The maximum absolute atomic E-state index is 2.52. The van der Waals surface area contributed by atoms with Crippen molar-refractivity contribution in [2.45, 2.75) is 86.5 Å². The predicted molar refractivity (Wildman–Crippen MR) is 184 cm³/mol. The predicted octanol–water partition coefficient (Wildman–Crippen LogP) is 12.5. The summed E-state index contributed by atoms with van der Waals surface area (Å²) in [6, 6.07) is 32.0. The third kappa shape index (κ3) is 5.03. The normalized spacial score (nSPS) is 12.2. The summed E-state index contributed by atoms with van der Waals surface area (Å²) >= 11 is 0. The Kier molecular flexibility index (Phi) is 7.49. The summed E-state index contributed by atoms with van der Waals surface area (Å²) in [6.07, 6.45) is 1.25. The highest BCUT2D eigenvalue weighted by atomic mass is 14.3. The van der Waals surface area contributed by atoms with Crippen LogP contribution in [0.3, 0.4) is 0 Å². The van der Waals surface area contributed by atoms with E-state index in [2.05, 4.69) is 154 Å². The van der Waals surface area contributed by atoms with Crippen molar-refractivity contribution in [2.75, 3.05) is 0 Å². The molecule has 0 heterocycles. The monoisotopic (exact) mass is 538 g/mol. The van der Waals surface area contributed by atoms with Crippen molar-refractivity contribution < 1.29 is 0 Å². The number of hydrogen-bond acceptors (Lipinski definition) is 0. The van der Waals surface area contributed by atoms with Gasteiger partial charge in [0.2, 0.25) is 0 Å². The standard InChI is InChI=1S/C38H38.C3H8/c1-23-14-12-13-17-26(23)34-24(2)20-30-33(38(6,7)8)21-29-27(25-15-10-9-11-16-25)18-19-28-32(37(3,4)5)22-31(34)36(30)35(28)29;1-3-2/h9-22H,1-8H3;3H2,1-2H3. The lowest BCUT2D eigenvalue weighted by molar-refractivity contribution is 0.595. The van der Waals surface area contributed by atoms with Crippen LogP contribution in [0.2, 0.25) is 0 Å². The zero-order valence-corrected chi connectivity index (χ0v) is 26.8. The minimum Gasteiger partial charge on any atom is -0.0656 e. The summed E-state index contributed by atoms with van der Waals surface area (Å²) in [5.74, 6) is 0. The third-order valence-electron chi connectivity index (χ3n) is 8.33. The van der Waals surface area contributed by atoms with Crippen LogP contribution in [0.25, 0.3) is 54.6 Å². The average Bonchev–Trinajstić information content (AvgIpc) is 2.91. The quantitative estimate of drug-likeness (QED) is 0.192. The van der Waals surface area contributed by atoms with E-state index in [1.165, 1.54) is 83.2 Å². The molecular formula is C41H46. The fourth-order valence-electron chi connectivity index (χ4n) is 6.50. The van der Waals surface area contributed by atoms with Gasteiger partial charge in [-0.25, -0.2) is 0 Å². The molecule has 0 amide bonds. The van der Waals surface area contributed by atoms with Gasteiger partial charge in [0, 0.05) is 0 Å². The topological polar surface area (TPSA) is 0 Å². The Morgan fingerprint density at radius 1 is 0.488 bits per heavy atom. The van der Waals surface area contributed by atoms with Crippen molar-refractivity contribution in [3.05, 3.63) is 107 Å². The fourth-order valence-corrected chi connectivity index (χ4v) is 6.50. The Hall–Kier alpha value is -3.64. The molecule has 0 aliphatic heterocycles. The van der Waals surface area contributed by atoms with Gasteiger partial charge in [0.05, 0.1) is 0 Å². The van der Waals surface area contributed by atoms with E-state index in [0.717, 1.165) is 0 Å². The van der Waals surface area contributed by atoms with Crippen LogP contribution in [-0.2, 0) is 10.8 Å². The fraction of sp³-hybridized carbons (Fsp3) is 0.317. The summed E-state index contributed by atoms with van der Waals surface area (Å²) in [5.41, 5.74) is 10.8. The number of rotatable bonds is 2. The molecule has 0 nitrogen and oxygen atoms in total. The largest absolute Gasteiger partial charge is 0.0656 e. The molecule has 0 aliphatic carbocycles. The highest BCUT2D eigenvalue weighted by Gasteiger charge is 2.27. The lowest BCUT2D eigenvalue weighted by atomic mass is 9.74. The molecule has 6 aromatic carbocycles. The Bertz CT molecular complexity index is 1840. The first-order valence-electron chi connectivity index (χ1n) is 15.3. The summed E-state index contributed by atoms with van der Waals surface area (Å²) in [7, 11) is 0. The Labute approximate surface area is 247 Å². The Morgan fingerprint density at radius 3 is 1.63 bits per heavy atom. The van der Waals surface area contributed by atoms with Gasteiger partial charge in [0.1, 0.15) is 0 Å². The van der Waals surface area contributed by atoms with Gasteiger partial charge < -0.3 is 0 Å². The minimum absolute atomic E-state index is 0.0139. The average molecular weight is 539 g/mol. The zero-order chi connectivity index (χ0) is 29.7. The van der Waals surface area contributed by atoms with Gasteiger partial charge in [-0.05, 0) is 114 Å². The van der Waals surface area contributed by atoms with Crippen molar-refractivity contribution in [3.63, 3.8) is 0 Å². The van der Waals surface area contributed by atoms with Crippen molar-refractivity contribution >= 4 is 32.3 Å². The SMILES string of the molecule is CCC.Cc1ccccc1-c1c(C)cc2c(C(C)(C)C)cc3c(-c4ccccc4)ccc4c(C(C)(C)C)cc1c2c34. The molecule has 0 saturated carbocycles. The second-order valence-corrected chi connectivity index (χ2v) is 13.9. The molecule has 0 fully saturated rings. The molecule has 0 saturated heterocycles. The van der Waals surface area contributed by atoms with E-state index in [0.29, 0.717) is 0 Å². The zero-order valence-electron chi connectivity index (χ0n) is 26.8. The van der Waals surface area contributed by atoms with E-state index in [4.69, 9.17) is 0 Å². The van der Waals surface area contributed by atoms with Crippen LogP contribution in [0.4, 0.5) is 0 Å². The molecule has 0 heteroatoms. The highest BCUT2D eigenvalue weighted by molar-refractivity contribution is 6.29. The van der Waals surface area contributed by atoms with Crippen molar-refractivity contribution in [2.24, 2.45) is 0 Å². The summed E-state index contributed by atoms with van der Waals surface area (Å²) in [4.78, 5) is 0. The van der Waals surface area contributed by atoms with Gasteiger partial charge in [-0.15, -0.1) is 0 Å². The number of benzene rings is 6. The molecule has 6 rings (SSSR count). The van der Waals surface area contributed by atoms with Crippen molar-refractivity contribution in [1.82, 2.24) is 0 Å². The summed E-state index contributed by atoms with van der Waals surface area (Å²) < 4.78 is 0. The first-order valence-corrected chi connectivity index (χ1v) is 15.3. The molecule has 0 unspecified atom stereocenters. The van der Waals surface area contributed by atoms with E-state index in [-0.39, 0.29) is 10.8 Å². The lowest BCUT2D eigenvalue weighted by Gasteiger charge is -2.30. The smallest absolute Gasteiger partial charge is 0.00170 e. The van der Waals surface area contributed by atoms with E-state index >= 15 is 0 Å². The van der Waals surface area contributed by atoms with Crippen molar-refractivity contribution in [1.29, 1.82) is 0 Å². The second-order valence-electron chi connectivity index (χ2n) is 13.9. The van der Waals surface area contributed by atoms with Gasteiger partial charge in [-0.2, -0.15) is 0 Å². The molecule has 6 aromatic rings. The van der Waals surface area contributed by atoms with Crippen molar-refractivity contribution in [3.8, 4) is 22.3 Å². The van der Waals surface area contributed by atoms with Crippen LogP contribution in [-0.4, -0.2) is 0 Å². The van der Waals surface area contributed by atoms with Crippen LogP contribution < -0.4 is 0 Å². The summed E-state index contributed by atoms with van der Waals surface area (Å²) in [6.45, 7) is 22.9.